The SMILES string of the molecule is CO[C@H](C)CN(CCCCc1ccc2c(n1)NCCC2)CCC(Nc1ncnc2cn[nH]c12)C(=O)O. The van der Waals surface area contributed by atoms with E-state index in [9.17, 15) is 9.90 Å². The maximum absolute atomic E-state index is 12.0. The molecule has 0 aromatic carbocycles. The largest absolute Gasteiger partial charge is 0.480 e. The fraction of sp³-hybridized carbons (Fsp3) is 0.560. The molecule has 11 heteroatoms. The summed E-state index contributed by atoms with van der Waals surface area (Å²) in [4.78, 5) is 27.4. The van der Waals surface area contributed by atoms with Gasteiger partial charge in [-0.05, 0) is 63.6 Å². The Kier molecular flexibility index (Phi) is 9.01. The molecule has 3 aromatic heterocycles. The maximum atomic E-state index is 12.0. The zero-order chi connectivity index (χ0) is 25.3. The number of hydrogen-bond donors (Lipinski definition) is 4. The van der Waals surface area contributed by atoms with E-state index in [2.05, 4.69) is 47.8 Å². The fourth-order valence-corrected chi connectivity index (χ4v) is 4.49. The van der Waals surface area contributed by atoms with Crippen LogP contribution < -0.4 is 10.6 Å². The van der Waals surface area contributed by atoms with E-state index < -0.39 is 12.0 Å². The first kappa shape index (κ1) is 25.8. The Hall–Kier alpha value is -3.31. The van der Waals surface area contributed by atoms with Gasteiger partial charge in [0.1, 0.15) is 29.2 Å². The van der Waals surface area contributed by atoms with E-state index in [1.54, 1.807) is 13.3 Å². The number of nitrogens with one attached hydrogen (secondary N) is 3. The number of H-pyrrole nitrogens is 1. The molecule has 0 amide bonds. The summed E-state index contributed by atoms with van der Waals surface area (Å²) >= 11 is 0. The number of aromatic amines is 1. The van der Waals surface area contributed by atoms with Gasteiger partial charge in [-0.15, -0.1) is 0 Å². The third-order valence-corrected chi connectivity index (χ3v) is 6.61. The van der Waals surface area contributed by atoms with E-state index in [1.807, 2.05) is 6.92 Å². The molecule has 0 fully saturated rings. The van der Waals surface area contributed by atoms with Gasteiger partial charge in [0.2, 0.25) is 0 Å². The van der Waals surface area contributed by atoms with Gasteiger partial charge in [-0.1, -0.05) is 6.07 Å². The number of carbonyl (C=O) groups is 1. The van der Waals surface area contributed by atoms with Crippen LogP contribution in [0.25, 0.3) is 11.0 Å². The Bertz CT molecular complexity index is 1140. The smallest absolute Gasteiger partial charge is 0.326 e. The van der Waals surface area contributed by atoms with E-state index >= 15 is 0 Å². The number of unbranched alkanes of at least 4 members (excludes halogenated alkanes) is 1. The lowest BCUT2D eigenvalue weighted by molar-refractivity contribution is -0.138. The molecular weight excluding hydrogens is 460 g/mol. The van der Waals surface area contributed by atoms with Crippen molar-refractivity contribution in [2.75, 3.05) is 43.9 Å². The summed E-state index contributed by atoms with van der Waals surface area (Å²) in [5, 5.41) is 23.1. The van der Waals surface area contributed by atoms with E-state index in [0.717, 1.165) is 63.3 Å². The summed E-state index contributed by atoms with van der Waals surface area (Å²) in [6, 6.07) is 3.55. The van der Waals surface area contributed by atoms with Crippen molar-refractivity contribution >= 4 is 28.6 Å². The van der Waals surface area contributed by atoms with Crippen LogP contribution in [0, 0.1) is 0 Å². The lowest BCUT2D eigenvalue weighted by atomic mass is 10.1. The van der Waals surface area contributed by atoms with Crippen LogP contribution in [0.3, 0.4) is 0 Å². The minimum absolute atomic E-state index is 0.0566. The Morgan fingerprint density at radius 2 is 2.17 bits per heavy atom. The number of carboxylic acids is 1. The van der Waals surface area contributed by atoms with Crippen molar-refractivity contribution < 1.29 is 14.6 Å². The molecule has 1 aliphatic rings. The number of aliphatic carboxylic acids is 1. The van der Waals surface area contributed by atoms with Gasteiger partial charge in [0.25, 0.3) is 0 Å². The molecule has 2 atom stereocenters. The minimum Gasteiger partial charge on any atom is -0.480 e. The van der Waals surface area contributed by atoms with E-state index in [1.165, 1.54) is 11.9 Å². The summed E-state index contributed by atoms with van der Waals surface area (Å²) in [5.41, 5.74) is 3.66. The van der Waals surface area contributed by atoms with Crippen molar-refractivity contribution in [3.8, 4) is 0 Å². The highest BCUT2D eigenvalue weighted by atomic mass is 16.5. The van der Waals surface area contributed by atoms with Gasteiger partial charge in [0.15, 0.2) is 5.82 Å². The van der Waals surface area contributed by atoms with E-state index in [-0.39, 0.29) is 6.10 Å². The standard InChI is InChI=1S/C25H36N8O3/c1-17(36-2)15-33(12-4-3-7-19-9-8-18-6-5-11-26-23(18)30-19)13-10-20(25(34)35)31-24-22-21(14-29-32-22)27-16-28-24/h8-9,14,16-17,20H,3-7,10-13,15H2,1-2H3,(H,26,30)(H,29,32)(H,34,35)(H,27,28,31)/t17-,20?/m1/s1. The van der Waals surface area contributed by atoms with Gasteiger partial charge in [-0.2, -0.15) is 5.10 Å². The van der Waals surface area contributed by atoms with Crippen LogP contribution in [0.2, 0.25) is 0 Å². The van der Waals surface area contributed by atoms with Crippen molar-refractivity contribution in [1.82, 2.24) is 30.0 Å². The number of methoxy groups -OCH3 is 1. The van der Waals surface area contributed by atoms with Crippen molar-refractivity contribution in [3.63, 3.8) is 0 Å². The van der Waals surface area contributed by atoms with Crippen LogP contribution in [0.15, 0.2) is 24.7 Å². The second-order valence-electron chi connectivity index (χ2n) is 9.32. The number of nitrogens with zero attached hydrogens (tertiary/aromatic N) is 5. The third kappa shape index (κ3) is 6.88. The summed E-state index contributed by atoms with van der Waals surface area (Å²) in [5.74, 6) is 0.555. The highest BCUT2D eigenvalue weighted by Crippen LogP contribution is 2.21. The maximum Gasteiger partial charge on any atom is 0.326 e. The monoisotopic (exact) mass is 496 g/mol. The Morgan fingerprint density at radius 1 is 1.28 bits per heavy atom. The van der Waals surface area contributed by atoms with Crippen molar-refractivity contribution in [3.05, 3.63) is 35.9 Å². The van der Waals surface area contributed by atoms with Gasteiger partial charge in [-0.3, -0.25) is 5.10 Å². The topological polar surface area (TPSA) is 141 Å². The average Bonchev–Trinajstić information content (AvgIpc) is 3.38. The molecule has 1 aliphatic heterocycles. The van der Waals surface area contributed by atoms with Crippen LogP contribution in [0.4, 0.5) is 11.6 Å². The molecule has 3 aromatic rings. The molecule has 11 nitrogen and oxygen atoms in total. The lowest BCUT2D eigenvalue weighted by Crippen LogP contribution is -2.38. The first-order valence-electron chi connectivity index (χ1n) is 12.6. The van der Waals surface area contributed by atoms with Gasteiger partial charge in [-0.25, -0.2) is 19.7 Å². The van der Waals surface area contributed by atoms with Gasteiger partial charge in [0.05, 0.1) is 12.3 Å². The molecule has 4 heterocycles. The average molecular weight is 497 g/mol. The second-order valence-corrected chi connectivity index (χ2v) is 9.32. The number of ether oxygens (including phenoxy) is 1. The number of fused-ring (bicyclic) bond motifs is 2. The number of rotatable bonds is 14. The summed E-state index contributed by atoms with van der Waals surface area (Å²) in [6.07, 6.45) is 8.66. The first-order chi connectivity index (χ1) is 17.5. The number of pyridine rings is 1. The lowest BCUT2D eigenvalue weighted by Gasteiger charge is -2.26. The van der Waals surface area contributed by atoms with Crippen LogP contribution in [-0.2, 0) is 22.4 Å². The highest BCUT2D eigenvalue weighted by Gasteiger charge is 2.21. The van der Waals surface area contributed by atoms with Crippen LogP contribution in [0.1, 0.15) is 43.9 Å². The normalized spacial score (nSPS) is 14.9. The molecule has 1 unspecified atom stereocenters. The quantitative estimate of drug-likeness (QED) is 0.246. The Morgan fingerprint density at radius 3 is 3.00 bits per heavy atom. The van der Waals surface area contributed by atoms with Crippen molar-refractivity contribution in [1.29, 1.82) is 0 Å². The summed E-state index contributed by atoms with van der Waals surface area (Å²) < 4.78 is 5.48. The second kappa shape index (κ2) is 12.6. The molecule has 0 saturated carbocycles. The molecule has 0 aliphatic carbocycles. The van der Waals surface area contributed by atoms with Crippen LogP contribution in [0.5, 0.6) is 0 Å². The van der Waals surface area contributed by atoms with E-state index in [4.69, 9.17) is 9.72 Å². The zero-order valence-corrected chi connectivity index (χ0v) is 21.0. The van der Waals surface area contributed by atoms with Gasteiger partial charge >= 0.3 is 5.97 Å². The van der Waals surface area contributed by atoms with E-state index in [0.29, 0.717) is 29.8 Å². The molecular formula is C25H36N8O3. The fourth-order valence-electron chi connectivity index (χ4n) is 4.49. The van der Waals surface area contributed by atoms with Crippen molar-refractivity contribution in [2.45, 2.75) is 57.6 Å². The predicted octanol–water partition coefficient (Wildman–Crippen LogP) is 2.72. The number of anilines is 2. The molecule has 0 radical (unpaired) electrons. The number of carboxylic acid groups (broad SMARTS) is 1. The molecule has 194 valence electrons. The number of aromatic nitrogens is 5. The van der Waals surface area contributed by atoms with Crippen LogP contribution in [-0.4, -0.2) is 86.6 Å². The van der Waals surface area contributed by atoms with Gasteiger partial charge in [0, 0.05) is 32.4 Å². The highest BCUT2D eigenvalue weighted by molar-refractivity contribution is 5.87. The summed E-state index contributed by atoms with van der Waals surface area (Å²) in [6.45, 7) is 5.24. The summed E-state index contributed by atoms with van der Waals surface area (Å²) in [7, 11) is 1.70. The van der Waals surface area contributed by atoms with Crippen LogP contribution >= 0.6 is 0 Å². The molecule has 0 saturated heterocycles. The van der Waals surface area contributed by atoms with Crippen molar-refractivity contribution in [2.24, 2.45) is 0 Å². The Labute approximate surface area is 211 Å². The molecule has 0 bridgehead atoms. The molecule has 0 spiro atoms. The number of aryl methyl sites for hydroxylation is 2. The molecule has 36 heavy (non-hydrogen) atoms. The molecule has 4 rings (SSSR count). The minimum atomic E-state index is -0.923. The zero-order valence-electron chi connectivity index (χ0n) is 21.0. The molecule has 4 N–H and O–H groups in total. The van der Waals surface area contributed by atoms with Gasteiger partial charge < -0.3 is 25.4 Å². The number of hydrogen-bond acceptors (Lipinski definition) is 9. The Balaban J connectivity index is 1.30. The third-order valence-electron chi connectivity index (χ3n) is 6.61. The first-order valence-corrected chi connectivity index (χ1v) is 12.6. The predicted molar refractivity (Wildman–Crippen MR) is 138 cm³/mol.